The molecule has 0 saturated carbocycles. The van der Waals surface area contributed by atoms with E-state index in [0.717, 1.165) is 32.5 Å². The number of carbonyl (C=O) groups is 4. The molecule has 12 nitrogen and oxygen atoms in total. The summed E-state index contributed by atoms with van der Waals surface area (Å²) in [6.07, 6.45) is 9.39. The van der Waals surface area contributed by atoms with Gasteiger partial charge in [0.15, 0.2) is 0 Å². The number of aromatic nitrogens is 2. The van der Waals surface area contributed by atoms with Crippen molar-refractivity contribution >= 4 is 58.3 Å². The van der Waals surface area contributed by atoms with E-state index in [4.69, 9.17) is 9.47 Å². The Morgan fingerprint density at radius 3 is 1.29 bits per heavy atom. The van der Waals surface area contributed by atoms with Gasteiger partial charge in [-0.3, -0.25) is 19.2 Å². The summed E-state index contributed by atoms with van der Waals surface area (Å²) >= 11 is 3.02. The van der Waals surface area contributed by atoms with E-state index in [9.17, 15) is 39.6 Å². The number of hydrogen-bond donors (Lipinski definition) is 4. The fourth-order valence-corrected chi connectivity index (χ4v) is 9.51. The molecule has 14 heteroatoms. The largest absolute Gasteiger partial charge is 0.457 e. The van der Waals surface area contributed by atoms with Gasteiger partial charge < -0.3 is 29.9 Å². The predicted octanol–water partition coefficient (Wildman–Crippen LogP) is 9.75. The number of rotatable bonds is 4. The summed E-state index contributed by atoms with van der Waals surface area (Å²) in [4.78, 5) is 63.6. The third-order valence-corrected chi connectivity index (χ3v) is 14.9. The van der Waals surface area contributed by atoms with Crippen molar-refractivity contribution < 1.29 is 49.1 Å². The van der Waals surface area contributed by atoms with Gasteiger partial charge in [0.25, 0.3) is 0 Å². The first-order valence-corrected chi connectivity index (χ1v) is 25.3. The molecular formula is C52H78N2O10S2. The number of hydrogen-bond acceptors (Lipinski definition) is 14. The summed E-state index contributed by atoms with van der Waals surface area (Å²) in [5.74, 6) is -4.11. The third-order valence-electron chi connectivity index (χ3n) is 13.4. The van der Waals surface area contributed by atoms with Crippen molar-refractivity contribution in [2.75, 3.05) is 0 Å². The second-order valence-electron chi connectivity index (χ2n) is 19.7. The van der Waals surface area contributed by atoms with Gasteiger partial charge in [0.05, 0.1) is 69.5 Å². The van der Waals surface area contributed by atoms with Crippen LogP contribution in [-0.2, 0) is 28.7 Å². The number of aliphatic hydroxyl groups excluding tert-OH is 4. The highest BCUT2D eigenvalue weighted by molar-refractivity contribution is 7.09. The molecule has 0 aromatic carbocycles. The molecule has 0 aliphatic carbocycles. The number of aliphatic hydroxyl groups is 4. The zero-order chi connectivity index (χ0) is 49.5. The molecule has 3 rings (SSSR count). The van der Waals surface area contributed by atoms with Crippen LogP contribution in [0.3, 0.4) is 0 Å². The van der Waals surface area contributed by atoms with Crippen LogP contribution in [0.25, 0.3) is 12.2 Å². The molecule has 0 radical (unpaired) electrons. The van der Waals surface area contributed by atoms with Crippen molar-refractivity contribution in [3.63, 3.8) is 0 Å². The molecule has 0 unspecified atom stereocenters. The molecule has 0 bridgehead atoms. The van der Waals surface area contributed by atoms with Crippen LogP contribution in [0.2, 0.25) is 0 Å². The lowest BCUT2D eigenvalue weighted by molar-refractivity contribution is -0.155. The minimum absolute atomic E-state index is 0.244. The van der Waals surface area contributed by atoms with E-state index in [1.54, 1.807) is 41.5 Å². The first kappa shape index (κ1) is 56.7. The van der Waals surface area contributed by atoms with Gasteiger partial charge in [0.1, 0.15) is 23.8 Å². The molecule has 368 valence electrons. The number of ether oxygens (including phenoxy) is 2. The highest BCUT2D eigenvalue weighted by atomic mass is 32.1. The quantitative estimate of drug-likeness (QED) is 0.168. The van der Waals surface area contributed by atoms with E-state index in [1.807, 2.05) is 88.8 Å². The number of carbonyl (C=O) groups excluding carboxylic acids is 4. The van der Waals surface area contributed by atoms with Crippen LogP contribution in [0.5, 0.6) is 0 Å². The van der Waals surface area contributed by atoms with E-state index < -0.39 is 84.1 Å². The maximum absolute atomic E-state index is 13.9. The normalized spacial score (nSPS) is 31.8. The summed E-state index contributed by atoms with van der Waals surface area (Å²) in [6.45, 7) is 21.0. The average molecular weight is 955 g/mol. The summed E-state index contributed by atoms with van der Waals surface area (Å²) in [5.41, 5.74) is 0.304. The van der Waals surface area contributed by atoms with E-state index in [1.165, 1.54) is 22.7 Å². The van der Waals surface area contributed by atoms with Crippen molar-refractivity contribution in [2.24, 2.45) is 34.5 Å². The lowest BCUT2D eigenvalue weighted by atomic mass is 9.73. The van der Waals surface area contributed by atoms with Crippen molar-refractivity contribution in [3.8, 4) is 0 Å². The molecule has 1 aliphatic heterocycles. The molecule has 2 aromatic rings. The topological polar surface area (TPSA) is 193 Å². The number of allylic oxidation sites excluding steroid dienone is 2. The highest BCUT2D eigenvalue weighted by Gasteiger charge is 2.44. The zero-order valence-corrected chi connectivity index (χ0v) is 43.0. The SMILES string of the molecule is C/C(=C\c1csc(C)n1)[C@@H]1C/C=C/CCC[C@H](C)[C@H](O)[C@@H](C)C(=O)C(C)(C)[C@@H](O)CC(=O)O[C@H](/C(C)=C/c2csc(C)n2)C/C=C/CCC[C@H](C)[C@H](O)[C@@H](C)C(=O)C(C)(C)[C@@H](O)CC(=O)O1. The second-order valence-corrected chi connectivity index (χ2v) is 21.8. The fourth-order valence-electron chi connectivity index (χ4n) is 8.37. The molecule has 1 aliphatic rings. The summed E-state index contributed by atoms with van der Waals surface area (Å²) in [6, 6.07) is 0. The number of esters is 2. The van der Waals surface area contributed by atoms with Crippen LogP contribution >= 0.6 is 22.7 Å². The lowest BCUT2D eigenvalue weighted by Crippen LogP contribution is -2.45. The van der Waals surface area contributed by atoms with Crippen molar-refractivity contribution in [2.45, 2.75) is 184 Å². The number of cyclic esters (lactones) is 2. The maximum Gasteiger partial charge on any atom is 0.309 e. The Morgan fingerprint density at radius 2 is 0.970 bits per heavy atom. The van der Waals surface area contributed by atoms with Gasteiger partial charge in [-0.15, -0.1) is 22.7 Å². The number of aryl methyl sites for hydroxylation is 2. The standard InChI is InChI=1S/C52H78N2O10S2/c1-31-21-17-13-15-19-23-41(33(3)25-39-29-65-37(7)53-39)63-46(58)28-44(56)52(11,12)50(62)36(6)48(60)32(2)22-18-14-16-20-24-42(34(4)26-40-30-66-38(8)54-40)64-45(57)27-43(55)51(9,10)49(61)35(5)47(31)59/h15-16,19-20,25-26,29-32,35-36,41-44,47-48,55-56,59-60H,13-14,17-18,21-24,27-28H2,1-12H3/b19-15+,20-16+,33-25+,34-26+/t31-,32-,35+,36+,41-,42-,43-,44-,47-,48-/m0/s1. The average Bonchev–Trinajstić information content (AvgIpc) is 3.87. The summed E-state index contributed by atoms with van der Waals surface area (Å²) in [5, 5.41) is 51.0. The lowest BCUT2D eigenvalue weighted by Gasteiger charge is -2.34. The van der Waals surface area contributed by atoms with Crippen LogP contribution < -0.4 is 0 Å². The zero-order valence-electron chi connectivity index (χ0n) is 41.4. The van der Waals surface area contributed by atoms with Crippen LogP contribution in [0.1, 0.15) is 155 Å². The molecule has 4 N–H and O–H groups in total. The Hall–Kier alpha value is -3.66. The predicted molar refractivity (Wildman–Crippen MR) is 263 cm³/mol. The fraction of sp³-hybridized carbons (Fsp3) is 0.654. The number of Topliss-reactive ketones (excluding diaryl/α,β-unsaturated/α-hetero) is 2. The molecular weight excluding hydrogens is 877 g/mol. The summed E-state index contributed by atoms with van der Waals surface area (Å²) in [7, 11) is 0. The molecule has 0 spiro atoms. The van der Waals surface area contributed by atoms with Gasteiger partial charge in [-0.1, -0.05) is 79.7 Å². The molecule has 2 aromatic heterocycles. The number of thiazole rings is 2. The highest BCUT2D eigenvalue weighted by Crippen LogP contribution is 2.34. The Bertz CT molecular complexity index is 1890. The molecule has 0 saturated heterocycles. The van der Waals surface area contributed by atoms with Crippen molar-refractivity contribution in [3.05, 3.63) is 67.6 Å². The minimum Gasteiger partial charge on any atom is -0.457 e. The second kappa shape index (κ2) is 26.2. The van der Waals surface area contributed by atoms with Crippen molar-refractivity contribution in [1.29, 1.82) is 0 Å². The van der Waals surface area contributed by atoms with Crippen molar-refractivity contribution in [1.82, 2.24) is 9.97 Å². The molecule has 66 heavy (non-hydrogen) atoms. The number of ketones is 2. The first-order valence-electron chi connectivity index (χ1n) is 23.6. The Labute approximate surface area is 401 Å². The van der Waals surface area contributed by atoms with Crippen LogP contribution in [0.15, 0.2) is 46.2 Å². The molecule has 10 atom stereocenters. The monoisotopic (exact) mass is 955 g/mol. The van der Waals surface area contributed by atoms with Gasteiger partial charge in [-0.25, -0.2) is 9.97 Å². The van der Waals surface area contributed by atoms with E-state index in [0.29, 0.717) is 51.4 Å². The number of nitrogens with zero attached hydrogens (tertiary/aromatic N) is 2. The van der Waals surface area contributed by atoms with Gasteiger partial charge in [0, 0.05) is 35.4 Å². The van der Waals surface area contributed by atoms with E-state index >= 15 is 0 Å². The molecule has 0 amide bonds. The Morgan fingerprint density at radius 1 is 0.621 bits per heavy atom. The smallest absolute Gasteiger partial charge is 0.309 e. The van der Waals surface area contributed by atoms with Crippen LogP contribution in [-0.4, -0.2) is 90.5 Å². The minimum atomic E-state index is -1.36. The van der Waals surface area contributed by atoms with E-state index in [2.05, 4.69) is 9.97 Å². The molecule has 3 heterocycles. The Kier molecular flexibility index (Phi) is 22.5. The third kappa shape index (κ3) is 16.8. The summed E-state index contributed by atoms with van der Waals surface area (Å²) < 4.78 is 11.9. The van der Waals surface area contributed by atoms with Gasteiger partial charge in [-0.2, -0.15) is 0 Å². The first-order chi connectivity index (χ1) is 30.9. The Balaban J connectivity index is 1.87. The molecule has 0 fully saturated rings. The van der Waals surface area contributed by atoms with E-state index in [-0.39, 0.29) is 23.4 Å². The maximum atomic E-state index is 13.9. The van der Waals surface area contributed by atoms with Gasteiger partial charge >= 0.3 is 11.9 Å². The van der Waals surface area contributed by atoms with Gasteiger partial charge in [0.2, 0.25) is 0 Å². The van der Waals surface area contributed by atoms with Crippen LogP contribution in [0.4, 0.5) is 0 Å². The van der Waals surface area contributed by atoms with Gasteiger partial charge in [-0.05, 0) is 101 Å². The van der Waals surface area contributed by atoms with Crippen LogP contribution in [0, 0.1) is 48.3 Å².